The highest BCUT2D eigenvalue weighted by Gasteiger charge is 2.37. The molecule has 3 N–H and O–H groups in total. The number of aromatic amines is 1. The highest BCUT2D eigenvalue weighted by atomic mass is 32.2. The van der Waals surface area contributed by atoms with Gasteiger partial charge < -0.3 is 15.5 Å². The molecule has 36 heavy (non-hydrogen) atoms. The molecular weight excluding hydrogens is 494 g/mol. The number of amides is 2. The summed E-state index contributed by atoms with van der Waals surface area (Å²) in [6, 6.07) is 6.00. The summed E-state index contributed by atoms with van der Waals surface area (Å²) >= 11 is 0. The second-order valence-electron chi connectivity index (χ2n) is 10.8. The minimum Gasteiger partial charge on any atom is -0.374 e. The predicted octanol–water partition coefficient (Wildman–Crippen LogP) is 3.07. The number of carbonyl (C=O) groups is 2. The molecule has 2 fully saturated rings. The van der Waals surface area contributed by atoms with Gasteiger partial charge in [-0.3, -0.25) is 14.7 Å². The zero-order valence-corrected chi connectivity index (χ0v) is 23.1. The topological polar surface area (TPSA) is 129 Å². The van der Waals surface area contributed by atoms with E-state index in [0.717, 1.165) is 36.8 Å². The first-order valence-corrected chi connectivity index (χ1v) is 17.8. The van der Waals surface area contributed by atoms with Crippen molar-refractivity contribution in [1.29, 1.82) is 0 Å². The van der Waals surface area contributed by atoms with Crippen LogP contribution in [0.4, 0.5) is 4.79 Å². The van der Waals surface area contributed by atoms with Crippen LogP contribution in [0, 0.1) is 6.42 Å². The molecule has 197 valence electrons. The van der Waals surface area contributed by atoms with E-state index in [2.05, 4.69) is 15.1 Å². The lowest BCUT2D eigenvalue weighted by Crippen LogP contribution is -2.48. The first-order valence-electron chi connectivity index (χ1n) is 12.9. The van der Waals surface area contributed by atoms with E-state index in [0.29, 0.717) is 24.7 Å². The number of benzene rings is 1. The standard InChI is InChI=1S/C25H38N5O4SSi/c1-36(2,25(26)32)15-14-35(33,34)23(19-6-7-22-20(16-19)18-27-28-22)17-24(31)30-12-8-21(9-13-30)29-10-4-3-5-11-29/h6-7,16-18,21,23H,3-5,8-15H2,1-2H3,(H2,26,32)(H,27,28). The Kier molecular flexibility index (Phi) is 8.21. The van der Waals surface area contributed by atoms with E-state index in [1.165, 1.54) is 25.7 Å². The monoisotopic (exact) mass is 532 g/mol. The summed E-state index contributed by atoms with van der Waals surface area (Å²) in [4.78, 5) is 29.5. The van der Waals surface area contributed by atoms with Crippen LogP contribution in [0.25, 0.3) is 10.9 Å². The molecule has 9 nitrogen and oxygen atoms in total. The molecule has 1 unspecified atom stereocenters. The Morgan fingerprint density at radius 2 is 1.86 bits per heavy atom. The van der Waals surface area contributed by atoms with Crippen molar-refractivity contribution >= 4 is 40.3 Å². The van der Waals surface area contributed by atoms with Gasteiger partial charge in [0.05, 0.1) is 23.4 Å². The van der Waals surface area contributed by atoms with Crippen LogP contribution in [-0.2, 0) is 14.6 Å². The maximum Gasteiger partial charge on any atom is 0.228 e. The average Bonchev–Trinajstić information content (AvgIpc) is 3.34. The molecule has 1 atom stereocenters. The van der Waals surface area contributed by atoms with Crippen LogP contribution in [0.5, 0.6) is 0 Å². The Hall–Kier alpha value is -2.24. The number of hydrogen-bond donors (Lipinski definition) is 2. The molecule has 0 bridgehead atoms. The van der Waals surface area contributed by atoms with Crippen molar-refractivity contribution < 1.29 is 18.0 Å². The van der Waals surface area contributed by atoms with Gasteiger partial charge in [-0.05, 0) is 62.5 Å². The van der Waals surface area contributed by atoms with Crippen molar-refractivity contribution in [3.63, 3.8) is 0 Å². The number of fused-ring (bicyclic) bond motifs is 1. The maximum absolute atomic E-state index is 13.6. The fourth-order valence-corrected chi connectivity index (χ4v) is 9.73. The molecule has 2 aliphatic rings. The number of rotatable bonds is 9. The summed E-state index contributed by atoms with van der Waals surface area (Å²) < 4.78 is 27.2. The third-order valence-corrected chi connectivity index (χ3v) is 13.0. The summed E-state index contributed by atoms with van der Waals surface area (Å²) in [7, 11) is -6.31. The molecule has 1 radical (unpaired) electrons. The van der Waals surface area contributed by atoms with Crippen molar-refractivity contribution in [2.75, 3.05) is 31.9 Å². The SMILES string of the molecule is C[Si](C)(CCS(=O)(=O)C([CH]C(=O)N1CCC(N2CCCCC2)CC1)c1ccc2[nH]ncc2c1)C(N)=O. The largest absolute Gasteiger partial charge is 0.374 e. The lowest BCUT2D eigenvalue weighted by Gasteiger charge is -2.40. The summed E-state index contributed by atoms with van der Waals surface area (Å²) in [5.41, 5.74) is 6.44. The fourth-order valence-electron chi connectivity index (χ4n) is 5.16. The third-order valence-electron chi connectivity index (χ3n) is 7.84. The first kappa shape index (κ1) is 26.8. The molecule has 4 rings (SSSR count). The van der Waals surface area contributed by atoms with E-state index >= 15 is 0 Å². The number of nitrogens with two attached hydrogens (primary N) is 1. The molecule has 0 aliphatic carbocycles. The van der Waals surface area contributed by atoms with Crippen LogP contribution in [-0.4, -0.2) is 85.9 Å². The Morgan fingerprint density at radius 1 is 1.17 bits per heavy atom. The van der Waals surface area contributed by atoms with Gasteiger partial charge >= 0.3 is 0 Å². The molecule has 2 saturated heterocycles. The second kappa shape index (κ2) is 11.0. The number of nitrogens with one attached hydrogen (secondary N) is 1. The van der Waals surface area contributed by atoms with Crippen LogP contribution in [0.15, 0.2) is 24.4 Å². The normalized spacial score (nSPS) is 19.4. The van der Waals surface area contributed by atoms with Crippen molar-refractivity contribution in [1.82, 2.24) is 20.0 Å². The molecule has 1 aromatic carbocycles. The summed E-state index contributed by atoms with van der Waals surface area (Å²) in [6.07, 6.45) is 8.59. The average molecular weight is 533 g/mol. The number of aromatic nitrogens is 2. The molecule has 2 aliphatic heterocycles. The zero-order valence-electron chi connectivity index (χ0n) is 21.3. The van der Waals surface area contributed by atoms with Crippen LogP contribution in [0.3, 0.4) is 0 Å². The van der Waals surface area contributed by atoms with Crippen LogP contribution in [0.2, 0.25) is 19.1 Å². The van der Waals surface area contributed by atoms with E-state index in [1.54, 1.807) is 42.4 Å². The molecule has 2 aromatic rings. The van der Waals surface area contributed by atoms with Crippen molar-refractivity contribution in [3.8, 4) is 0 Å². The van der Waals surface area contributed by atoms with Crippen LogP contribution < -0.4 is 5.73 Å². The Labute approximate surface area is 214 Å². The Morgan fingerprint density at radius 3 is 2.53 bits per heavy atom. The van der Waals surface area contributed by atoms with Crippen molar-refractivity contribution in [2.45, 2.75) is 62.5 Å². The Balaban J connectivity index is 1.49. The first-order chi connectivity index (χ1) is 17.1. The highest BCUT2D eigenvalue weighted by Crippen LogP contribution is 2.31. The van der Waals surface area contributed by atoms with Gasteiger partial charge in [-0.15, -0.1) is 0 Å². The predicted molar refractivity (Wildman–Crippen MR) is 144 cm³/mol. The smallest absolute Gasteiger partial charge is 0.228 e. The number of sulfone groups is 1. The number of hydrogen-bond acceptors (Lipinski definition) is 6. The van der Waals surface area contributed by atoms with E-state index in [9.17, 15) is 18.0 Å². The molecule has 0 saturated carbocycles. The van der Waals surface area contributed by atoms with E-state index in [-0.39, 0.29) is 17.7 Å². The zero-order chi connectivity index (χ0) is 25.9. The van der Waals surface area contributed by atoms with Crippen molar-refractivity contribution in [3.05, 3.63) is 36.4 Å². The summed E-state index contributed by atoms with van der Waals surface area (Å²) in [5, 5.41) is 6.58. The minimum atomic E-state index is -3.77. The quantitative estimate of drug-likeness (QED) is 0.478. The number of primary amides is 1. The Bertz CT molecular complexity index is 1180. The van der Waals surface area contributed by atoms with Gasteiger partial charge in [0.25, 0.3) is 0 Å². The second-order valence-corrected chi connectivity index (χ2v) is 17.8. The molecular formula is C25H38N5O4SSi. The molecule has 11 heteroatoms. The van der Waals surface area contributed by atoms with E-state index in [4.69, 9.17) is 5.73 Å². The number of piperidine rings is 2. The number of likely N-dealkylation sites (tertiary alicyclic amines) is 2. The van der Waals surface area contributed by atoms with Crippen molar-refractivity contribution in [2.24, 2.45) is 5.73 Å². The van der Waals surface area contributed by atoms with Gasteiger partial charge in [-0.1, -0.05) is 25.6 Å². The van der Waals surface area contributed by atoms with Crippen LogP contribution in [0.1, 0.15) is 42.9 Å². The van der Waals surface area contributed by atoms with Crippen LogP contribution >= 0.6 is 0 Å². The highest BCUT2D eigenvalue weighted by molar-refractivity contribution is 7.91. The summed E-state index contributed by atoms with van der Waals surface area (Å²) in [6.45, 7) is 7.08. The minimum absolute atomic E-state index is 0.190. The third kappa shape index (κ3) is 6.17. The van der Waals surface area contributed by atoms with Gasteiger partial charge in [-0.2, -0.15) is 5.10 Å². The van der Waals surface area contributed by atoms with Gasteiger partial charge in [0.1, 0.15) is 0 Å². The van der Waals surface area contributed by atoms with E-state index < -0.39 is 28.7 Å². The van der Waals surface area contributed by atoms with E-state index in [1.807, 2.05) is 0 Å². The lowest BCUT2D eigenvalue weighted by atomic mass is 9.99. The van der Waals surface area contributed by atoms with Gasteiger partial charge in [0.2, 0.25) is 5.91 Å². The lowest BCUT2D eigenvalue weighted by molar-refractivity contribution is -0.129. The number of H-pyrrole nitrogens is 1. The summed E-state index contributed by atoms with van der Waals surface area (Å²) in [5.74, 6) is -0.441. The molecule has 2 amide bonds. The number of nitrogens with zero attached hydrogens (tertiary/aromatic N) is 3. The molecule has 0 spiro atoms. The molecule has 1 aromatic heterocycles. The van der Waals surface area contributed by atoms with Gasteiger partial charge in [0.15, 0.2) is 23.4 Å². The maximum atomic E-state index is 13.6. The fraction of sp³-hybridized carbons (Fsp3) is 0.600. The molecule has 3 heterocycles. The van der Waals surface area contributed by atoms with Gasteiger partial charge in [-0.25, -0.2) is 8.42 Å². The number of carbonyl (C=O) groups excluding carboxylic acids is 2. The van der Waals surface area contributed by atoms with Gasteiger partial charge in [0, 0.05) is 30.3 Å².